The summed E-state index contributed by atoms with van der Waals surface area (Å²) in [6.45, 7) is 1.38. The molecule has 5 nitrogen and oxygen atoms in total. The zero-order valence-corrected chi connectivity index (χ0v) is 16.7. The topological polar surface area (TPSA) is 49.9 Å². The summed E-state index contributed by atoms with van der Waals surface area (Å²) in [4.78, 5) is 27.4. The van der Waals surface area contributed by atoms with Crippen molar-refractivity contribution in [2.45, 2.75) is 37.5 Å². The Labute approximate surface area is 176 Å². The largest absolute Gasteiger partial charge is 0.416 e. The Bertz CT molecular complexity index is 836. The monoisotopic (exact) mass is 446 g/mol. The second kappa shape index (κ2) is 8.03. The summed E-state index contributed by atoms with van der Waals surface area (Å²) >= 11 is 0. The number of carbonyl (C=O) groups is 2. The number of fused-ring (bicyclic) bond motifs is 1. The number of nitrogens with zero attached hydrogens (tertiary/aromatic N) is 2. The van der Waals surface area contributed by atoms with Crippen LogP contribution in [0, 0.1) is 11.8 Å². The number of hydrogen-bond acceptors (Lipinski definition) is 3. The molecule has 1 aromatic carbocycles. The van der Waals surface area contributed by atoms with Gasteiger partial charge in [-0.15, -0.1) is 0 Å². The molecule has 0 spiro atoms. The maximum absolute atomic E-state index is 14.5. The van der Waals surface area contributed by atoms with Gasteiger partial charge in [0.1, 0.15) is 6.61 Å². The zero-order chi connectivity index (χ0) is 22.4. The van der Waals surface area contributed by atoms with Crippen molar-refractivity contribution in [2.24, 2.45) is 11.8 Å². The molecule has 3 aliphatic heterocycles. The van der Waals surface area contributed by atoms with E-state index in [0.717, 1.165) is 12.1 Å². The average molecular weight is 446 g/mol. The molecule has 4 rings (SSSR count). The molecule has 170 valence electrons. The van der Waals surface area contributed by atoms with Gasteiger partial charge in [0.15, 0.2) is 5.78 Å². The van der Waals surface area contributed by atoms with E-state index >= 15 is 0 Å². The van der Waals surface area contributed by atoms with Crippen molar-refractivity contribution in [1.82, 2.24) is 9.80 Å². The second-order valence-corrected chi connectivity index (χ2v) is 8.62. The molecule has 0 aromatic heterocycles. The van der Waals surface area contributed by atoms with E-state index in [0.29, 0.717) is 38.1 Å². The van der Waals surface area contributed by atoms with Crippen LogP contribution < -0.4 is 0 Å². The number of ether oxygens (including phenoxy) is 1. The third-order valence-electron chi connectivity index (χ3n) is 6.29. The van der Waals surface area contributed by atoms with Crippen LogP contribution in [0.1, 0.15) is 30.4 Å². The maximum Gasteiger partial charge on any atom is 0.416 e. The lowest BCUT2D eigenvalue weighted by atomic mass is 9.87. The molecule has 0 radical (unpaired) electrons. The van der Waals surface area contributed by atoms with Crippen molar-refractivity contribution in [1.29, 1.82) is 0 Å². The molecule has 0 aliphatic carbocycles. The first-order valence-corrected chi connectivity index (χ1v) is 10.3. The molecular weight excluding hydrogens is 423 g/mol. The summed E-state index contributed by atoms with van der Waals surface area (Å²) in [5, 5.41) is 0. The number of amides is 2. The van der Waals surface area contributed by atoms with Gasteiger partial charge in [-0.05, 0) is 18.6 Å². The van der Waals surface area contributed by atoms with Crippen molar-refractivity contribution in [2.75, 3.05) is 32.8 Å². The Kier molecular flexibility index (Phi) is 5.70. The lowest BCUT2D eigenvalue weighted by Gasteiger charge is -2.46. The Balaban J connectivity index is 1.28. The molecule has 3 heterocycles. The predicted octanol–water partition coefficient (Wildman–Crippen LogP) is 3.92. The van der Waals surface area contributed by atoms with Crippen molar-refractivity contribution < 1.29 is 36.3 Å². The van der Waals surface area contributed by atoms with Gasteiger partial charge in [0.25, 0.3) is 5.92 Å². The Morgan fingerprint density at radius 1 is 1.00 bits per heavy atom. The van der Waals surface area contributed by atoms with Crippen molar-refractivity contribution in [3.05, 3.63) is 35.4 Å². The van der Waals surface area contributed by atoms with E-state index < -0.39 is 35.6 Å². The van der Waals surface area contributed by atoms with Gasteiger partial charge in [0.2, 0.25) is 0 Å². The van der Waals surface area contributed by atoms with Crippen LogP contribution in [-0.2, 0) is 21.6 Å². The third-order valence-corrected chi connectivity index (χ3v) is 6.29. The highest BCUT2D eigenvalue weighted by atomic mass is 19.4. The van der Waals surface area contributed by atoms with Crippen LogP contribution in [0.5, 0.6) is 0 Å². The standard InChI is InChI=1S/C21H23F5N2O3/c22-20(23,15-1-3-16(4-2-15)21(24,25)26)8-13-9-28(10-13)19(30)27-6-5-18-14(11-27)7-17(29)12-31-18/h1-4,13-14,18H,5-12H2/t14-,18+/m1/s1. The normalized spacial score (nSPS) is 25.3. The number of likely N-dealkylation sites (tertiary alicyclic amines) is 2. The summed E-state index contributed by atoms with van der Waals surface area (Å²) in [6.07, 6.45) is -4.10. The first-order valence-electron chi connectivity index (χ1n) is 10.3. The molecule has 0 unspecified atom stereocenters. The number of Topliss-reactive ketones (excluding diaryl/α,β-unsaturated/α-hetero) is 1. The van der Waals surface area contributed by atoms with Crippen molar-refractivity contribution in [3.63, 3.8) is 0 Å². The van der Waals surface area contributed by atoms with Gasteiger partial charge >= 0.3 is 12.2 Å². The molecule has 2 atom stereocenters. The molecule has 0 N–H and O–H groups in total. The fourth-order valence-corrected chi connectivity index (χ4v) is 4.59. The summed E-state index contributed by atoms with van der Waals surface area (Å²) in [7, 11) is 0. The van der Waals surface area contributed by atoms with E-state index in [2.05, 4.69) is 0 Å². The Hall–Kier alpha value is -2.23. The molecular formula is C21H23F5N2O3. The van der Waals surface area contributed by atoms with E-state index in [-0.39, 0.29) is 43.5 Å². The van der Waals surface area contributed by atoms with Crippen LogP contribution in [0.2, 0.25) is 0 Å². The van der Waals surface area contributed by atoms with E-state index in [1.165, 1.54) is 4.90 Å². The maximum atomic E-state index is 14.5. The summed E-state index contributed by atoms with van der Waals surface area (Å²) in [5.41, 5.74) is -1.43. The minimum absolute atomic E-state index is 0.0186. The number of piperidine rings is 1. The fraction of sp³-hybridized carbons (Fsp3) is 0.619. The van der Waals surface area contributed by atoms with Gasteiger partial charge in [0.05, 0.1) is 11.7 Å². The Morgan fingerprint density at radius 3 is 2.29 bits per heavy atom. The van der Waals surface area contributed by atoms with Crippen LogP contribution in [0.4, 0.5) is 26.7 Å². The highest BCUT2D eigenvalue weighted by Gasteiger charge is 2.44. The van der Waals surface area contributed by atoms with Gasteiger partial charge in [-0.1, -0.05) is 12.1 Å². The molecule has 0 saturated carbocycles. The number of ketones is 1. The molecule has 3 aliphatic rings. The smallest absolute Gasteiger partial charge is 0.370 e. The van der Waals surface area contributed by atoms with Gasteiger partial charge in [0, 0.05) is 56.4 Å². The predicted molar refractivity (Wildman–Crippen MR) is 99.5 cm³/mol. The van der Waals surface area contributed by atoms with Crippen molar-refractivity contribution >= 4 is 11.8 Å². The first kappa shape index (κ1) is 22.0. The number of hydrogen-bond donors (Lipinski definition) is 0. The summed E-state index contributed by atoms with van der Waals surface area (Å²) < 4.78 is 72.4. The van der Waals surface area contributed by atoms with E-state index in [1.807, 2.05) is 0 Å². The van der Waals surface area contributed by atoms with E-state index in [9.17, 15) is 31.5 Å². The number of carbonyl (C=O) groups excluding carboxylic acids is 2. The molecule has 3 fully saturated rings. The minimum atomic E-state index is -4.58. The molecule has 0 bridgehead atoms. The quantitative estimate of drug-likeness (QED) is 0.662. The summed E-state index contributed by atoms with van der Waals surface area (Å²) in [5.74, 6) is -3.72. The molecule has 10 heteroatoms. The Morgan fingerprint density at radius 2 is 1.65 bits per heavy atom. The number of rotatable bonds is 3. The number of benzene rings is 1. The molecule has 1 aromatic rings. The van der Waals surface area contributed by atoms with Crippen LogP contribution in [0.25, 0.3) is 0 Å². The van der Waals surface area contributed by atoms with Crippen LogP contribution in [0.3, 0.4) is 0 Å². The van der Waals surface area contributed by atoms with E-state index in [1.54, 1.807) is 4.90 Å². The SMILES string of the molecule is O=C1CO[C@H]2CCN(C(=O)N3CC(CC(F)(F)c4ccc(C(F)(F)F)cc4)C3)C[C@H]2C1. The van der Waals surface area contributed by atoms with Crippen LogP contribution in [-0.4, -0.2) is 60.5 Å². The highest BCUT2D eigenvalue weighted by Crippen LogP contribution is 2.39. The molecule has 31 heavy (non-hydrogen) atoms. The second-order valence-electron chi connectivity index (χ2n) is 8.62. The zero-order valence-electron chi connectivity index (χ0n) is 16.7. The van der Waals surface area contributed by atoms with Gasteiger partial charge in [-0.2, -0.15) is 13.2 Å². The highest BCUT2D eigenvalue weighted by molar-refractivity contribution is 5.81. The first-order chi connectivity index (χ1) is 14.5. The van der Waals surface area contributed by atoms with E-state index in [4.69, 9.17) is 4.74 Å². The molecule has 2 amide bonds. The van der Waals surface area contributed by atoms with Gasteiger partial charge in [-0.25, -0.2) is 13.6 Å². The number of urea groups is 1. The molecule has 3 saturated heterocycles. The third kappa shape index (κ3) is 4.68. The lowest BCUT2D eigenvalue weighted by Crippen LogP contribution is -2.59. The number of alkyl halides is 5. The van der Waals surface area contributed by atoms with Crippen LogP contribution >= 0.6 is 0 Å². The van der Waals surface area contributed by atoms with Crippen molar-refractivity contribution in [3.8, 4) is 0 Å². The fourth-order valence-electron chi connectivity index (χ4n) is 4.59. The number of halogens is 5. The minimum Gasteiger partial charge on any atom is -0.370 e. The van der Waals surface area contributed by atoms with Crippen LogP contribution in [0.15, 0.2) is 24.3 Å². The van der Waals surface area contributed by atoms with Gasteiger partial charge < -0.3 is 14.5 Å². The summed E-state index contributed by atoms with van der Waals surface area (Å²) in [6, 6.07) is 2.70. The van der Waals surface area contributed by atoms with Gasteiger partial charge in [-0.3, -0.25) is 4.79 Å². The average Bonchev–Trinajstić information content (AvgIpc) is 2.69. The lowest BCUT2D eigenvalue weighted by molar-refractivity contribution is -0.140.